The lowest BCUT2D eigenvalue weighted by Crippen LogP contribution is -2.55. The molecule has 0 unspecified atom stereocenters. The quantitative estimate of drug-likeness (QED) is 0.649. The van der Waals surface area contributed by atoms with Crippen molar-refractivity contribution >= 4 is 0 Å². The summed E-state index contributed by atoms with van der Waals surface area (Å²) in [7, 11) is 0. The molecule has 0 saturated carbocycles. The van der Waals surface area contributed by atoms with Crippen LogP contribution in [0.5, 0.6) is 5.75 Å². The number of hydrogen-bond acceptors (Lipinski definition) is 4. The Morgan fingerprint density at radius 1 is 1.07 bits per heavy atom. The molecule has 5 heteroatoms. The van der Waals surface area contributed by atoms with Gasteiger partial charge in [0.05, 0.1) is 19.3 Å². The summed E-state index contributed by atoms with van der Waals surface area (Å²) in [4.78, 5) is 2.31. The van der Waals surface area contributed by atoms with E-state index in [-0.39, 0.29) is 12.4 Å². The molecule has 0 bridgehead atoms. The zero-order valence-electron chi connectivity index (χ0n) is 16.3. The van der Waals surface area contributed by atoms with Crippen LogP contribution in [0.1, 0.15) is 24.8 Å². The largest absolute Gasteiger partial charge is 0.494 e. The summed E-state index contributed by atoms with van der Waals surface area (Å²) in [5.74, 6) is 0.618. The van der Waals surface area contributed by atoms with E-state index in [2.05, 4.69) is 4.90 Å². The Morgan fingerprint density at radius 2 is 1.82 bits per heavy atom. The van der Waals surface area contributed by atoms with Crippen molar-refractivity contribution in [2.75, 3.05) is 32.8 Å². The number of piperidine rings is 1. The smallest absolute Gasteiger partial charge is 0.123 e. The molecule has 1 aliphatic heterocycles. The number of hydrogen-bond donors (Lipinski definition) is 2. The summed E-state index contributed by atoms with van der Waals surface area (Å²) >= 11 is 0. The van der Waals surface area contributed by atoms with Crippen LogP contribution in [0.15, 0.2) is 54.6 Å². The molecule has 1 heterocycles. The average molecular weight is 387 g/mol. The normalized spacial score (nSPS) is 22.9. The van der Waals surface area contributed by atoms with Gasteiger partial charge in [0.1, 0.15) is 11.6 Å². The fourth-order valence-corrected chi connectivity index (χ4v) is 3.97. The lowest BCUT2D eigenvalue weighted by atomic mass is 9.73. The zero-order chi connectivity index (χ0) is 19.8. The zero-order valence-corrected chi connectivity index (χ0v) is 16.3. The molecule has 1 fully saturated rings. The number of nitrogens with zero attached hydrogens (tertiary/aromatic N) is 1. The van der Waals surface area contributed by atoms with Crippen molar-refractivity contribution in [3.63, 3.8) is 0 Å². The minimum absolute atomic E-state index is 0.0842. The van der Waals surface area contributed by atoms with Gasteiger partial charge in [-0.2, -0.15) is 0 Å². The summed E-state index contributed by atoms with van der Waals surface area (Å²) < 4.78 is 18.9. The van der Waals surface area contributed by atoms with Crippen molar-refractivity contribution < 1.29 is 19.3 Å². The molecule has 0 aliphatic carbocycles. The van der Waals surface area contributed by atoms with Crippen LogP contribution in [0.2, 0.25) is 0 Å². The molecule has 0 spiro atoms. The molecule has 152 valence electrons. The first kappa shape index (κ1) is 20.8. The Kier molecular flexibility index (Phi) is 7.43. The minimum atomic E-state index is -0.601. The van der Waals surface area contributed by atoms with Gasteiger partial charge in [-0.1, -0.05) is 30.3 Å². The van der Waals surface area contributed by atoms with E-state index >= 15 is 0 Å². The maximum absolute atomic E-state index is 13.2. The Labute approximate surface area is 166 Å². The number of rotatable bonds is 9. The predicted octanol–water partition coefficient (Wildman–Crippen LogP) is 3.27. The second-order valence-electron chi connectivity index (χ2n) is 7.77. The molecule has 2 atom stereocenters. The van der Waals surface area contributed by atoms with Gasteiger partial charge in [-0.25, -0.2) is 4.39 Å². The molecule has 2 aromatic carbocycles. The summed E-state index contributed by atoms with van der Waals surface area (Å²) in [5.41, 5.74) is 0.337. The molecule has 4 nitrogen and oxygen atoms in total. The number of ether oxygens (including phenoxy) is 1. The Hall–Kier alpha value is -1.95. The maximum Gasteiger partial charge on any atom is 0.123 e. The van der Waals surface area contributed by atoms with Crippen LogP contribution in [-0.2, 0) is 6.42 Å². The summed E-state index contributed by atoms with van der Waals surface area (Å²) in [6.07, 6.45) is 2.58. The van der Waals surface area contributed by atoms with Crippen LogP contribution < -0.4 is 4.74 Å². The topological polar surface area (TPSA) is 52.9 Å². The van der Waals surface area contributed by atoms with Gasteiger partial charge in [0.15, 0.2) is 0 Å². The lowest BCUT2D eigenvalue weighted by molar-refractivity contribution is -0.0750. The number of para-hydroxylation sites is 1. The fourth-order valence-electron chi connectivity index (χ4n) is 3.97. The highest BCUT2D eigenvalue weighted by molar-refractivity contribution is 5.21. The van der Waals surface area contributed by atoms with Gasteiger partial charge < -0.3 is 19.8 Å². The molecule has 28 heavy (non-hydrogen) atoms. The maximum atomic E-state index is 13.2. The summed E-state index contributed by atoms with van der Waals surface area (Å²) in [5, 5.41) is 20.7. The summed E-state index contributed by atoms with van der Waals surface area (Å²) in [6.45, 7) is 2.98. The molecule has 1 saturated heterocycles. The van der Waals surface area contributed by atoms with Crippen molar-refractivity contribution in [1.29, 1.82) is 0 Å². The molecule has 0 amide bonds. The van der Waals surface area contributed by atoms with Crippen molar-refractivity contribution in [2.45, 2.75) is 31.8 Å². The van der Waals surface area contributed by atoms with Gasteiger partial charge in [0, 0.05) is 18.5 Å². The van der Waals surface area contributed by atoms with E-state index in [0.717, 1.165) is 37.2 Å². The van der Waals surface area contributed by atoms with Gasteiger partial charge in [-0.3, -0.25) is 0 Å². The van der Waals surface area contributed by atoms with Crippen LogP contribution in [0, 0.1) is 11.2 Å². The first-order valence-corrected chi connectivity index (χ1v) is 10.0. The summed E-state index contributed by atoms with van der Waals surface area (Å²) in [6, 6.07) is 16.1. The van der Waals surface area contributed by atoms with Crippen LogP contribution >= 0.6 is 0 Å². The first-order valence-electron chi connectivity index (χ1n) is 10.0. The second-order valence-corrected chi connectivity index (χ2v) is 7.77. The highest BCUT2D eigenvalue weighted by Gasteiger charge is 2.42. The molecule has 2 aromatic rings. The number of unbranched alkanes of at least 4 members (excludes halogenated alkanes) is 1. The molecule has 0 aromatic heterocycles. The molecular formula is C23H30FNO3. The standard InChI is InChI=1S/C23H30FNO3/c24-20-10-8-19(9-11-20)16-23(18-26)17-25(14-12-22(23)27)13-4-5-15-28-21-6-2-1-3-7-21/h1-3,6-11,22,26-27H,4-5,12-18H2/t22-,23-/m0/s1. The van der Waals surface area contributed by atoms with Crippen LogP contribution in [0.4, 0.5) is 4.39 Å². The first-order chi connectivity index (χ1) is 13.6. The number of likely N-dealkylation sites (tertiary alicyclic amines) is 1. The van der Waals surface area contributed by atoms with Gasteiger partial charge >= 0.3 is 0 Å². The van der Waals surface area contributed by atoms with Gasteiger partial charge in [0.25, 0.3) is 0 Å². The van der Waals surface area contributed by atoms with Crippen LogP contribution in [0.3, 0.4) is 0 Å². The molecule has 3 rings (SSSR count). The molecular weight excluding hydrogens is 357 g/mol. The van der Waals surface area contributed by atoms with E-state index in [0.29, 0.717) is 26.0 Å². The predicted molar refractivity (Wildman–Crippen MR) is 108 cm³/mol. The third-order valence-corrected chi connectivity index (χ3v) is 5.63. The highest BCUT2D eigenvalue weighted by atomic mass is 19.1. The number of halogens is 1. The van der Waals surface area contributed by atoms with Crippen LogP contribution in [-0.4, -0.2) is 54.1 Å². The second kappa shape index (κ2) is 10.0. The van der Waals surface area contributed by atoms with Crippen molar-refractivity contribution in [1.82, 2.24) is 4.90 Å². The average Bonchev–Trinajstić information content (AvgIpc) is 2.72. The van der Waals surface area contributed by atoms with E-state index < -0.39 is 11.5 Å². The van der Waals surface area contributed by atoms with E-state index in [9.17, 15) is 14.6 Å². The molecule has 2 N–H and O–H groups in total. The van der Waals surface area contributed by atoms with Gasteiger partial charge in [-0.15, -0.1) is 0 Å². The SMILES string of the molecule is OC[C@]1(Cc2ccc(F)cc2)CN(CCCCOc2ccccc2)CC[C@@H]1O. The number of benzene rings is 2. The van der Waals surface area contributed by atoms with E-state index in [4.69, 9.17) is 4.74 Å². The fraction of sp³-hybridized carbons (Fsp3) is 0.478. The van der Waals surface area contributed by atoms with Gasteiger partial charge in [0.2, 0.25) is 0 Å². The highest BCUT2D eigenvalue weighted by Crippen LogP contribution is 2.34. The Balaban J connectivity index is 1.48. The Bertz CT molecular complexity index is 710. The van der Waals surface area contributed by atoms with Crippen molar-refractivity contribution in [2.24, 2.45) is 5.41 Å². The van der Waals surface area contributed by atoms with E-state index in [1.165, 1.54) is 12.1 Å². The van der Waals surface area contributed by atoms with Crippen molar-refractivity contribution in [3.8, 4) is 5.75 Å². The minimum Gasteiger partial charge on any atom is -0.494 e. The lowest BCUT2D eigenvalue weighted by Gasteiger charge is -2.45. The molecule has 0 radical (unpaired) electrons. The van der Waals surface area contributed by atoms with E-state index in [1.54, 1.807) is 12.1 Å². The van der Waals surface area contributed by atoms with Gasteiger partial charge in [-0.05, 0) is 62.1 Å². The molecule has 1 aliphatic rings. The number of aliphatic hydroxyl groups excluding tert-OH is 2. The monoisotopic (exact) mass is 387 g/mol. The number of aliphatic hydroxyl groups is 2. The third kappa shape index (κ3) is 5.53. The van der Waals surface area contributed by atoms with E-state index in [1.807, 2.05) is 30.3 Å². The van der Waals surface area contributed by atoms with Crippen molar-refractivity contribution in [3.05, 3.63) is 66.0 Å². The van der Waals surface area contributed by atoms with Crippen LogP contribution in [0.25, 0.3) is 0 Å². The Morgan fingerprint density at radius 3 is 2.54 bits per heavy atom. The third-order valence-electron chi connectivity index (χ3n) is 5.63.